The topological polar surface area (TPSA) is 26.3 Å². The van der Waals surface area contributed by atoms with E-state index in [-0.39, 0.29) is 5.78 Å². The van der Waals surface area contributed by atoms with Crippen molar-refractivity contribution in [2.75, 3.05) is 6.61 Å². The summed E-state index contributed by atoms with van der Waals surface area (Å²) < 4.78 is 4.87. The van der Waals surface area contributed by atoms with Crippen molar-refractivity contribution in [1.29, 1.82) is 0 Å². The number of rotatable bonds is 3. The normalized spacial score (nSPS) is 11.2. The van der Waals surface area contributed by atoms with Crippen LogP contribution in [0.2, 0.25) is 0 Å². The van der Waals surface area contributed by atoms with Crippen molar-refractivity contribution in [3.63, 3.8) is 0 Å². The third kappa shape index (κ3) is 3.76. The van der Waals surface area contributed by atoms with E-state index in [2.05, 4.69) is 0 Å². The Morgan fingerprint density at radius 2 is 2.11 bits per heavy atom. The molecule has 0 heterocycles. The van der Waals surface area contributed by atoms with E-state index in [1.54, 1.807) is 6.92 Å². The van der Waals surface area contributed by atoms with Crippen LogP contribution in [-0.2, 0) is 9.53 Å². The van der Waals surface area contributed by atoms with Gasteiger partial charge in [0.05, 0.1) is 12.9 Å². The molecule has 0 radical (unpaired) electrons. The van der Waals surface area contributed by atoms with Gasteiger partial charge in [0, 0.05) is 5.57 Å². The van der Waals surface area contributed by atoms with Gasteiger partial charge in [0.1, 0.15) is 0 Å². The minimum Gasteiger partial charge on any atom is -0.501 e. The molecule has 0 aromatic heterocycles. The number of carbonyl (C=O) groups is 1. The molecule has 0 aromatic rings. The molecule has 2 heteroatoms. The predicted molar refractivity (Wildman–Crippen MR) is 36.1 cm³/mol. The summed E-state index contributed by atoms with van der Waals surface area (Å²) in [7, 11) is 0. The summed E-state index contributed by atoms with van der Waals surface area (Å²) in [6.45, 7) is 5.75. The average Bonchev–Trinajstić information content (AvgIpc) is 1.82. The van der Waals surface area contributed by atoms with Gasteiger partial charge in [0.2, 0.25) is 0 Å². The monoisotopic (exact) mass is 128 g/mol. The van der Waals surface area contributed by atoms with Crippen LogP contribution in [0.4, 0.5) is 0 Å². The molecule has 9 heavy (non-hydrogen) atoms. The van der Waals surface area contributed by atoms with Gasteiger partial charge in [0.25, 0.3) is 0 Å². The lowest BCUT2D eigenvalue weighted by atomic mass is 10.2. The smallest absolute Gasteiger partial charge is 0.158 e. The molecule has 0 atom stereocenters. The maximum absolute atomic E-state index is 10.5. The zero-order chi connectivity index (χ0) is 7.28. The Bertz CT molecular complexity index is 125. The second kappa shape index (κ2) is 4.13. The van der Waals surface area contributed by atoms with Crippen LogP contribution in [0.25, 0.3) is 0 Å². The number of hydrogen-bond acceptors (Lipinski definition) is 2. The first-order valence-electron chi connectivity index (χ1n) is 2.97. The molecular formula is C7H12O2. The fourth-order valence-electron chi connectivity index (χ4n) is 0.291. The third-order valence-corrected chi connectivity index (χ3v) is 0.982. The van der Waals surface area contributed by atoms with E-state index in [0.29, 0.717) is 12.2 Å². The molecule has 0 fully saturated rings. The van der Waals surface area contributed by atoms with Crippen molar-refractivity contribution in [3.05, 3.63) is 11.8 Å². The SMILES string of the molecule is CCOC=C(C)C(C)=O. The minimum atomic E-state index is 0.0588. The van der Waals surface area contributed by atoms with Crippen molar-refractivity contribution in [3.8, 4) is 0 Å². The molecule has 0 rings (SSSR count). The highest BCUT2D eigenvalue weighted by Crippen LogP contribution is 1.93. The van der Waals surface area contributed by atoms with E-state index >= 15 is 0 Å². The van der Waals surface area contributed by atoms with E-state index in [1.165, 1.54) is 13.2 Å². The van der Waals surface area contributed by atoms with Crippen LogP contribution in [0.1, 0.15) is 20.8 Å². The summed E-state index contributed by atoms with van der Waals surface area (Å²) in [5.41, 5.74) is 0.664. The number of ketones is 1. The highest BCUT2D eigenvalue weighted by molar-refractivity contribution is 5.92. The predicted octanol–water partition coefficient (Wildman–Crippen LogP) is 1.52. The Morgan fingerprint density at radius 3 is 2.44 bits per heavy atom. The first-order valence-corrected chi connectivity index (χ1v) is 2.97. The summed E-state index contributed by atoms with van der Waals surface area (Å²) in [4.78, 5) is 10.5. The van der Waals surface area contributed by atoms with Crippen LogP contribution >= 0.6 is 0 Å². The molecule has 0 amide bonds. The molecular weight excluding hydrogens is 116 g/mol. The Morgan fingerprint density at radius 1 is 1.56 bits per heavy atom. The Labute approximate surface area is 55.5 Å². The number of hydrogen-bond donors (Lipinski definition) is 0. The van der Waals surface area contributed by atoms with Crippen LogP contribution in [0.15, 0.2) is 11.8 Å². The van der Waals surface area contributed by atoms with Gasteiger partial charge in [-0.05, 0) is 20.8 Å². The molecule has 0 unspecified atom stereocenters. The Hall–Kier alpha value is -0.790. The van der Waals surface area contributed by atoms with Gasteiger partial charge >= 0.3 is 0 Å². The van der Waals surface area contributed by atoms with Gasteiger partial charge in [-0.2, -0.15) is 0 Å². The van der Waals surface area contributed by atoms with Crippen LogP contribution in [0, 0.1) is 0 Å². The molecule has 2 nitrogen and oxygen atoms in total. The standard InChI is InChI=1S/C7H12O2/c1-4-9-5-6(2)7(3)8/h5H,4H2,1-3H3. The van der Waals surface area contributed by atoms with Crippen LogP contribution < -0.4 is 0 Å². The lowest BCUT2D eigenvalue weighted by molar-refractivity contribution is -0.113. The fourth-order valence-corrected chi connectivity index (χ4v) is 0.291. The van der Waals surface area contributed by atoms with Gasteiger partial charge in [-0.1, -0.05) is 0 Å². The van der Waals surface area contributed by atoms with Crippen LogP contribution in [0.3, 0.4) is 0 Å². The molecule has 0 N–H and O–H groups in total. The van der Waals surface area contributed by atoms with Crippen molar-refractivity contribution in [2.45, 2.75) is 20.8 Å². The Balaban J connectivity index is 3.69. The fraction of sp³-hybridized carbons (Fsp3) is 0.571. The second-order valence-corrected chi connectivity index (χ2v) is 1.81. The van der Waals surface area contributed by atoms with Crippen molar-refractivity contribution in [1.82, 2.24) is 0 Å². The molecule has 0 aliphatic carbocycles. The first kappa shape index (κ1) is 8.21. The van der Waals surface area contributed by atoms with Gasteiger partial charge < -0.3 is 4.74 Å². The number of allylic oxidation sites excluding steroid dienone is 1. The maximum atomic E-state index is 10.5. The van der Waals surface area contributed by atoms with Gasteiger partial charge in [0.15, 0.2) is 5.78 Å². The van der Waals surface area contributed by atoms with Crippen molar-refractivity contribution < 1.29 is 9.53 Å². The highest BCUT2D eigenvalue weighted by Gasteiger charge is 1.93. The molecule has 0 aromatic carbocycles. The van der Waals surface area contributed by atoms with E-state index in [4.69, 9.17) is 4.74 Å². The highest BCUT2D eigenvalue weighted by atomic mass is 16.5. The van der Waals surface area contributed by atoms with E-state index < -0.39 is 0 Å². The zero-order valence-corrected chi connectivity index (χ0v) is 6.10. The largest absolute Gasteiger partial charge is 0.501 e. The van der Waals surface area contributed by atoms with Crippen molar-refractivity contribution in [2.24, 2.45) is 0 Å². The molecule has 0 aliphatic rings. The Kier molecular flexibility index (Phi) is 3.76. The summed E-state index contributed by atoms with van der Waals surface area (Å²) in [5.74, 6) is 0.0588. The number of ether oxygens (including phenoxy) is 1. The molecule has 0 aliphatic heterocycles. The summed E-state index contributed by atoms with van der Waals surface area (Å²) in [5, 5.41) is 0. The van der Waals surface area contributed by atoms with Gasteiger partial charge in [-0.3, -0.25) is 4.79 Å². The van der Waals surface area contributed by atoms with E-state index in [1.807, 2.05) is 6.92 Å². The number of Topliss-reactive ketones (excluding diaryl/α,β-unsaturated/α-hetero) is 1. The minimum absolute atomic E-state index is 0.0588. The lowest BCUT2D eigenvalue weighted by Gasteiger charge is -1.94. The lowest BCUT2D eigenvalue weighted by Crippen LogP contribution is -1.92. The molecule has 0 saturated heterocycles. The van der Waals surface area contributed by atoms with Gasteiger partial charge in [-0.15, -0.1) is 0 Å². The summed E-state index contributed by atoms with van der Waals surface area (Å²) >= 11 is 0. The van der Waals surface area contributed by atoms with Crippen LogP contribution in [0.5, 0.6) is 0 Å². The second-order valence-electron chi connectivity index (χ2n) is 1.81. The summed E-state index contributed by atoms with van der Waals surface area (Å²) in [6.07, 6.45) is 1.49. The maximum Gasteiger partial charge on any atom is 0.158 e. The van der Waals surface area contributed by atoms with Crippen molar-refractivity contribution >= 4 is 5.78 Å². The number of carbonyl (C=O) groups excluding carboxylic acids is 1. The molecule has 0 saturated carbocycles. The average molecular weight is 128 g/mol. The third-order valence-electron chi connectivity index (χ3n) is 0.982. The van der Waals surface area contributed by atoms with Gasteiger partial charge in [-0.25, -0.2) is 0 Å². The molecule has 52 valence electrons. The quantitative estimate of drug-likeness (QED) is 0.425. The zero-order valence-electron chi connectivity index (χ0n) is 6.10. The first-order chi connectivity index (χ1) is 4.18. The van der Waals surface area contributed by atoms with Crippen LogP contribution in [-0.4, -0.2) is 12.4 Å². The summed E-state index contributed by atoms with van der Waals surface area (Å²) in [6, 6.07) is 0. The molecule has 0 spiro atoms. The molecule has 0 bridgehead atoms. The van der Waals surface area contributed by atoms with E-state index in [0.717, 1.165) is 0 Å². The van der Waals surface area contributed by atoms with E-state index in [9.17, 15) is 4.79 Å².